The second kappa shape index (κ2) is 6.36. The number of hydrogen-bond acceptors (Lipinski definition) is 6. The maximum Gasteiger partial charge on any atom is 0.329 e. The summed E-state index contributed by atoms with van der Waals surface area (Å²) in [6.07, 6.45) is 2.66. The summed E-state index contributed by atoms with van der Waals surface area (Å²) in [7, 11) is 0. The highest BCUT2D eigenvalue weighted by Crippen LogP contribution is 2.45. The molecule has 0 N–H and O–H groups in total. The molecular formula is C14H12N2O3S2. The Morgan fingerprint density at radius 3 is 2.57 bits per heavy atom. The molecule has 0 spiro atoms. The van der Waals surface area contributed by atoms with Gasteiger partial charge in [-0.2, -0.15) is 0 Å². The zero-order chi connectivity index (χ0) is 14.7. The van der Waals surface area contributed by atoms with Gasteiger partial charge in [0.2, 0.25) is 5.75 Å². The Labute approximate surface area is 130 Å². The predicted molar refractivity (Wildman–Crippen MR) is 85.1 cm³/mol. The largest absolute Gasteiger partial charge is 0.450 e. The second-order valence-corrected chi connectivity index (χ2v) is 7.07. The molecule has 108 valence electrons. The monoisotopic (exact) mass is 320 g/mol. The second-order valence-electron chi connectivity index (χ2n) is 4.35. The van der Waals surface area contributed by atoms with Gasteiger partial charge in [0.15, 0.2) is 0 Å². The van der Waals surface area contributed by atoms with Crippen molar-refractivity contribution in [3.63, 3.8) is 0 Å². The van der Waals surface area contributed by atoms with Crippen LogP contribution in [-0.2, 0) is 0 Å². The molecule has 1 aromatic heterocycles. The van der Waals surface area contributed by atoms with Gasteiger partial charge in [0.1, 0.15) is 11.9 Å². The van der Waals surface area contributed by atoms with Crippen LogP contribution in [0.25, 0.3) is 0 Å². The standard InChI is InChI=1S/C14H12N2O3S2/c17-16(18)12-9-15-6-5-13(12)19-11-3-1-10(2-4-11)14-20-7-8-21-14/h1-6,9,14H,7-8H2. The van der Waals surface area contributed by atoms with E-state index in [2.05, 4.69) is 4.98 Å². The molecule has 2 aromatic rings. The Balaban J connectivity index is 1.77. The first-order valence-corrected chi connectivity index (χ1v) is 8.43. The molecule has 5 nitrogen and oxygen atoms in total. The van der Waals surface area contributed by atoms with Gasteiger partial charge in [-0.25, -0.2) is 0 Å². The molecule has 21 heavy (non-hydrogen) atoms. The lowest BCUT2D eigenvalue weighted by atomic mass is 10.2. The van der Waals surface area contributed by atoms with Gasteiger partial charge in [0, 0.05) is 23.8 Å². The molecule has 7 heteroatoms. The Kier molecular flexibility index (Phi) is 4.31. The summed E-state index contributed by atoms with van der Waals surface area (Å²) in [6, 6.07) is 9.21. The van der Waals surface area contributed by atoms with E-state index in [9.17, 15) is 10.1 Å². The minimum absolute atomic E-state index is 0.136. The molecule has 1 fully saturated rings. The number of benzene rings is 1. The molecule has 0 bridgehead atoms. The third-order valence-corrected chi connectivity index (χ3v) is 6.06. The number of thioether (sulfide) groups is 2. The van der Waals surface area contributed by atoms with Gasteiger partial charge in [0.25, 0.3) is 0 Å². The van der Waals surface area contributed by atoms with Crippen LogP contribution in [0, 0.1) is 10.1 Å². The lowest BCUT2D eigenvalue weighted by molar-refractivity contribution is -0.386. The number of hydrogen-bond donors (Lipinski definition) is 0. The fourth-order valence-corrected chi connectivity index (χ4v) is 4.83. The van der Waals surface area contributed by atoms with E-state index in [1.807, 2.05) is 47.8 Å². The molecule has 1 saturated heterocycles. The first-order chi connectivity index (χ1) is 10.2. The molecule has 0 radical (unpaired) electrons. The first-order valence-electron chi connectivity index (χ1n) is 6.33. The van der Waals surface area contributed by atoms with Gasteiger partial charge in [0.05, 0.1) is 9.51 Å². The number of rotatable bonds is 4. The van der Waals surface area contributed by atoms with Crippen LogP contribution in [0.3, 0.4) is 0 Å². The maximum atomic E-state index is 10.9. The normalized spacial score (nSPS) is 15.0. The number of pyridine rings is 1. The molecule has 1 aliphatic rings. The molecule has 0 amide bonds. The van der Waals surface area contributed by atoms with Gasteiger partial charge in [-0.3, -0.25) is 15.1 Å². The van der Waals surface area contributed by atoms with E-state index in [4.69, 9.17) is 4.74 Å². The zero-order valence-electron chi connectivity index (χ0n) is 11.0. The van der Waals surface area contributed by atoms with Crippen molar-refractivity contribution in [2.75, 3.05) is 11.5 Å². The van der Waals surface area contributed by atoms with Crippen molar-refractivity contribution >= 4 is 29.2 Å². The van der Waals surface area contributed by atoms with Crippen molar-refractivity contribution in [2.24, 2.45) is 0 Å². The smallest absolute Gasteiger partial charge is 0.329 e. The van der Waals surface area contributed by atoms with Crippen molar-refractivity contribution in [3.8, 4) is 11.5 Å². The summed E-state index contributed by atoms with van der Waals surface area (Å²) in [4.78, 5) is 14.2. The van der Waals surface area contributed by atoms with Gasteiger partial charge in [-0.05, 0) is 17.7 Å². The SMILES string of the molecule is O=[N+]([O-])c1cnccc1Oc1ccc(C2SCCS2)cc1. The maximum absolute atomic E-state index is 10.9. The van der Waals surface area contributed by atoms with Crippen molar-refractivity contribution in [1.82, 2.24) is 4.98 Å². The van der Waals surface area contributed by atoms with Gasteiger partial charge >= 0.3 is 5.69 Å². The van der Waals surface area contributed by atoms with Crippen molar-refractivity contribution < 1.29 is 9.66 Å². The first kappa shape index (κ1) is 14.2. The highest BCUT2D eigenvalue weighted by molar-refractivity contribution is 8.19. The fourth-order valence-electron chi connectivity index (χ4n) is 1.97. The Bertz CT molecular complexity index is 643. The van der Waals surface area contributed by atoms with Crippen molar-refractivity contribution in [1.29, 1.82) is 0 Å². The minimum Gasteiger partial charge on any atom is -0.450 e. The number of ether oxygens (including phenoxy) is 1. The van der Waals surface area contributed by atoms with Crippen LogP contribution in [-0.4, -0.2) is 21.4 Å². The lowest BCUT2D eigenvalue weighted by Gasteiger charge is -2.10. The third-order valence-electron chi connectivity index (χ3n) is 2.96. The van der Waals surface area contributed by atoms with Crippen LogP contribution in [0.4, 0.5) is 5.69 Å². The van der Waals surface area contributed by atoms with E-state index in [-0.39, 0.29) is 11.4 Å². The summed E-state index contributed by atoms with van der Waals surface area (Å²) in [5, 5.41) is 10.9. The molecular weight excluding hydrogens is 308 g/mol. The average Bonchev–Trinajstić information content (AvgIpc) is 3.03. The van der Waals surface area contributed by atoms with E-state index >= 15 is 0 Å². The summed E-state index contributed by atoms with van der Waals surface area (Å²) in [5.41, 5.74) is 1.11. The van der Waals surface area contributed by atoms with Gasteiger partial charge in [-0.15, -0.1) is 23.5 Å². The van der Waals surface area contributed by atoms with E-state index in [1.54, 1.807) is 0 Å². The van der Waals surface area contributed by atoms with E-state index in [0.29, 0.717) is 10.3 Å². The molecule has 0 unspecified atom stereocenters. The number of nitro groups is 1. The molecule has 1 aliphatic heterocycles. The van der Waals surface area contributed by atoms with Crippen LogP contribution in [0.1, 0.15) is 10.1 Å². The highest BCUT2D eigenvalue weighted by Gasteiger charge is 2.19. The molecule has 0 aliphatic carbocycles. The summed E-state index contributed by atoms with van der Waals surface area (Å²) in [6.45, 7) is 0. The Morgan fingerprint density at radius 2 is 1.90 bits per heavy atom. The topological polar surface area (TPSA) is 65.3 Å². The van der Waals surface area contributed by atoms with Gasteiger partial charge in [-0.1, -0.05) is 12.1 Å². The van der Waals surface area contributed by atoms with Crippen molar-refractivity contribution in [2.45, 2.75) is 4.58 Å². The van der Waals surface area contributed by atoms with E-state index in [0.717, 1.165) is 0 Å². The third kappa shape index (κ3) is 3.30. The minimum atomic E-state index is -0.498. The quantitative estimate of drug-likeness (QED) is 0.619. The van der Waals surface area contributed by atoms with Crippen LogP contribution < -0.4 is 4.74 Å². The van der Waals surface area contributed by atoms with Crippen LogP contribution in [0.15, 0.2) is 42.7 Å². The van der Waals surface area contributed by atoms with E-state index < -0.39 is 4.92 Å². The lowest BCUT2D eigenvalue weighted by Crippen LogP contribution is -1.94. The summed E-state index contributed by atoms with van der Waals surface area (Å²) >= 11 is 3.87. The average molecular weight is 320 g/mol. The van der Waals surface area contributed by atoms with Gasteiger partial charge < -0.3 is 4.74 Å². The molecule has 0 atom stereocenters. The molecule has 1 aromatic carbocycles. The molecule has 0 saturated carbocycles. The van der Waals surface area contributed by atoms with E-state index in [1.165, 1.54) is 35.5 Å². The van der Waals surface area contributed by atoms with Crippen LogP contribution >= 0.6 is 23.5 Å². The number of aromatic nitrogens is 1. The summed E-state index contributed by atoms with van der Waals surface area (Å²) < 4.78 is 6.07. The Hall–Kier alpha value is -1.73. The van der Waals surface area contributed by atoms with Crippen molar-refractivity contribution in [3.05, 3.63) is 58.4 Å². The van der Waals surface area contributed by atoms with Crippen LogP contribution in [0.2, 0.25) is 0 Å². The zero-order valence-corrected chi connectivity index (χ0v) is 12.6. The van der Waals surface area contributed by atoms with Crippen LogP contribution in [0.5, 0.6) is 11.5 Å². The predicted octanol–water partition coefficient (Wildman–Crippen LogP) is 4.26. The molecule has 3 rings (SSSR count). The Morgan fingerprint density at radius 1 is 1.19 bits per heavy atom. The fraction of sp³-hybridized carbons (Fsp3) is 0.214. The molecule has 2 heterocycles. The highest BCUT2D eigenvalue weighted by atomic mass is 32.2. The number of nitrogens with zero attached hydrogens (tertiary/aromatic N) is 2. The summed E-state index contributed by atoms with van der Waals surface area (Å²) in [5.74, 6) is 3.14.